The number of benzene rings is 1. The SMILES string of the molecule is CCc1cnccc1-c1cc2cc(OC(F)(F)F)ccc2[nH]1. The van der Waals surface area contributed by atoms with Crippen molar-refractivity contribution in [3.63, 3.8) is 0 Å². The van der Waals surface area contributed by atoms with Crippen LogP contribution < -0.4 is 4.74 Å². The zero-order valence-corrected chi connectivity index (χ0v) is 11.7. The van der Waals surface area contributed by atoms with Gasteiger partial charge in [-0.05, 0) is 42.3 Å². The fourth-order valence-corrected chi connectivity index (χ4v) is 2.42. The number of hydrogen-bond donors (Lipinski definition) is 1. The smallest absolute Gasteiger partial charge is 0.406 e. The van der Waals surface area contributed by atoms with Gasteiger partial charge in [0.1, 0.15) is 5.75 Å². The summed E-state index contributed by atoms with van der Waals surface area (Å²) >= 11 is 0. The lowest BCUT2D eigenvalue weighted by Crippen LogP contribution is -2.16. The first-order chi connectivity index (χ1) is 10.5. The lowest BCUT2D eigenvalue weighted by atomic mass is 10.1. The molecule has 0 saturated carbocycles. The summed E-state index contributed by atoms with van der Waals surface area (Å²) in [6, 6.07) is 7.94. The Labute approximate surface area is 124 Å². The Morgan fingerprint density at radius 1 is 1.18 bits per heavy atom. The van der Waals surface area contributed by atoms with E-state index in [0.29, 0.717) is 5.39 Å². The number of aromatic amines is 1. The van der Waals surface area contributed by atoms with E-state index in [-0.39, 0.29) is 5.75 Å². The van der Waals surface area contributed by atoms with Crippen molar-refractivity contribution in [1.29, 1.82) is 0 Å². The van der Waals surface area contributed by atoms with Crippen molar-refractivity contribution in [2.75, 3.05) is 0 Å². The van der Waals surface area contributed by atoms with E-state index in [0.717, 1.165) is 28.8 Å². The van der Waals surface area contributed by atoms with Crippen LogP contribution in [0.25, 0.3) is 22.2 Å². The third kappa shape index (κ3) is 2.90. The molecule has 0 aliphatic carbocycles. The third-order valence-corrected chi connectivity index (χ3v) is 3.40. The summed E-state index contributed by atoms with van der Waals surface area (Å²) in [5.74, 6) is -0.226. The Morgan fingerprint density at radius 3 is 2.73 bits per heavy atom. The van der Waals surface area contributed by atoms with Crippen LogP contribution in [0.15, 0.2) is 42.7 Å². The zero-order valence-electron chi connectivity index (χ0n) is 11.7. The van der Waals surface area contributed by atoms with Gasteiger partial charge in [0.2, 0.25) is 0 Å². The minimum Gasteiger partial charge on any atom is -0.406 e. The first-order valence-corrected chi connectivity index (χ1v) is 6.78. The molecular formula is C16H13F3N2O. The summed E-state index contributed by atoms with van der Waals surface area (Å²) in [5, 5.41) is 0.663. The Balaban J connectivity index is 2.03. The molecule has 0 saturated heterocycles. The second-order valence-corrected chi connectivity index (χ2v) is 4.87. The van der Waals surface area contributed by atoms with Crippen LogP contribution in [0.3, 0.4) is 0 Å². The standard InChI is InChI=1S/C16H13F3N2O/c1-2-10-9-20-6-5-13(10)15-8-11-7-12(22-16(17,18)19)3-4-14(11)21-15/h3-9,21H,2H2,1H3. The van der Waals surface area contributed by atoms with Gasteiger partial charge in [0, 0.05) is 34.6 Å². The van der Waals surface area contributed by atoms with Gasteiger partial charge in [-0.25, -0.2) is 0 Å². The van der Waals surface area contributed by atoms with Crippen molar-refractivity contribution in [2.24, 2.45) is 0 Å². The molecule has 0 atom stereocenters. The summed E-state index contributed by atoms with van der Waals surface area (Å²) < 4.78 is 40.8. The number of fused-ring (bicyclic) bond motifs is 1. The van der Waals surface area contributed by atoms with E-state index in [4.69, 9.17) is 0 Å². The predicted octanol–water partition coefficient (Wildman–Crippen LogP) is 4.69. The van der Waals surface area contributed by atoms with Gasteiger partial charge in [-0.1, -0.05) is 6.92 Å². The van der Waals surface area contributed by atoms with Crippen molar-refractivity contribution in [1.82, 2.24) is 9.97 Å². The van der Waals surface area contributed by atoms with Gasteiger partial charge in [0.15, 0.2) is 0 Å². The van der Waals surface area contributed by atoms with Crippen LogP contribution in [0, 0.1) is 0 Å². The lowest BCUT2D eigenvalue weighted by Gasteiger charge is -2.08. The van der Waals surface area contributed by atoms with E-state index in [9.17, 15) is 13.2 Å². The Hall–Kier alpha value is -2.50. The molecule has 1 aromatic carbocycles. The maximum Gasteiger partial charge on any atom is 0.573 e. The van der Waals surface area contributed by atoms with Crippen LogP contribution in [0.4, 0.5) is 13.2 Å². The van der Waals surface area contributed by atoms with Crippen LogP contribution in [-0.4, -0.2) is 16.3 Å². The van der Waals surface area contributed by atoms with E-state index in [1.54, 1.807) is 18.5 Å². The first-order valence-electron chi connectivity index (χ1n) is 6.78. The van der Waals surface area contributed by atoms with E-state index in [1.165, 1.54) is 12.1 Å². The van der Waals surface area contributed by atoms with Crippen LogP contribution in [0.2, 0.25) is 0 Å². The summed E-state index contributed by atoms with van der Waals surface area (Å²) in [4.78, 5) is 7.30. The largest absolute Gasteiger partial charge is 0.573 e. The van der Waals surface area contributed by atoms with Crippen LogP contribution in [0.1, 0.15) is 12.5 Å². The van der Waals surface area contributed by atoms with Gasteiger partial charge in [0.05, 0.1) is 0 Å². The predicted molar refractivity (Wildman–Crippen MR) is 77.6 cm³/mol. The van der Waals surface area contributed by atoms with Crippen molar-refractivity contribution >= 4 is 10.9 Å². The molecule has 1 N–H and O–H groups in total. The maximum absolute atomic E-state index is 12.3. The van der Waals surface area contributed by atoms with Gasteiger partial charge in [-0.15, -0.1) is 13.2 Å². The molecule has 0 fully saturated rings. The van der Waals surface area contributed by atoms with E-state index < -0.39 is 6.36 Å². The molecular weight excluding hydrogens is 293 g/mol. The molecule has 3 aromatic rings. The second-order valence-electron chi connectivity index (χ2n) is 4.87. The highest BCUT2D eigenvalue weighted by Crippen LogP contribution is 2.30. The normalized spacial score (nSPS) is 11.8. The Bertz CT molecular complexity index is 809. The van der Waals surface area contributed by atoms with Crippen molar-refractivity contribution in [3.8, 4) is 17.0 Å². The molecule has 114 valence electrons. The highest BCUT2D eigenvalue weighted by molar-refractivity contribution is 5.87. The molecule has 3 nitrogen and oxygen atoms in total. The maximum atomic E-state index is 12.3. The van der Waals surface area contributed by atoms with Gasteiger partial charge in [-0.2, -0.15) is 0 Å². The molecule has 0 aliphatic heterocycles. The molecule has 0 radical (unpaired) electrons. The number of aryl methyl sites for hydroxylation is 1. The highest BCUT2D eigenvalue weighted by atomic mass is 19.4. The highest BCUT2D eigenvalue weighted by Gasteiger charge is 2.31. The third-order valence-electron chi connectivity index (χ3n) is 3.40. The van der Waals surface area contributed by atoms with Crippen molar-refractivity contribution in [3.05, 3.63) is 48.3 Å². The number of halogens is 3. The average molecular weight is 306 g/mol. The molecule has 0 amide bonds. The monoisotopic (exact) mass is 306 g/mol. The van der Waals surface area contributed by atoms with E-state index in [1.807, 2.05) is 19.1 Å². The van der Waals surface area contributed by atoms with Gasteiger partial charge < -0.3 is 9.72 Å². The fourth-order valence-electron chi connectivity index (χ4n) is 2.42. The number of nitrogens with one attached hydrogen (secondary N) is 1. The number of aromatic nitrogens is 2. The molecule has 2 aromatic heterocycles. The lowest BCUT2D eigenvalue weighted by molar-refractivity contribution is -0.274. The topological polar surface area (TPSA) is 37.9 Å². The minimum absolute atomic E-state index is 0.226. The first kappa shape index (κ1) is 14.4. The summed E-state index contributed by atoms with van der Waals surface area (Å²) in [6.07, 6.45) is -0.383. The van der Waals surface area contributed by atoms with E-state index in [2.05, 4.69) is 14.7 Å². The van der Waals surface area contributed by atoms with Crippen molar-refractivity contribution in [2.45, 2.75) is 19.7 Å². The zero-order chi connectivity index (χ0) is 15.7. The minimum atomic E-state index is -4.69. The number of nitrogens with zero attached hydrogens (tertiary/aromatic N) is 1. The van der Waals surface area contributed by atoms with Crippen LogP contribution >= 0.6 is 0 Å². The second kappa shape index (κ2) is 5.36. The number of hydrogen-bond acceptors (Lipinski definition) is 2. The Morgan fingerprint density at radius 2 is 2.00 bits per heavy atom. The van der Waals surface area contributed by atoms with Crippen molar-refractivity contribution < 1.29 is 17.9 Å². The molecule has 6 heteroatoms. The number of alkyl halides is 3. The number of pyridine rings is 1. The molecule has 22 heavy (non-hydrogen) atoms. The van der Waals surface area contributed by atoms with Crippen LogP contribution in [-0.2, 0) is 6.42 Å². The quantitative estimate of drug-likeness (QED) is 0.762. The Kier molecular flexibility index (Phi) is 3.52. The summed E-state index contributed by atoms with van der Waals surface area (Å²) in [6.45, 7) is 2.03. The van der Waals surface area contributed by atoms with Crippen LogP contribution in [0.5, 0.6) is 5.75 Å². The number of rotatable bonds is 3. The molecule has 0 bridgehead atoms. The molecule has 0 aliphatic rings. The van der Waals surface area contributed by atoms with Gasteiger partial charge in [-0.3, -0.25) is 4.98 Å². The summed E-state index contributed by atoms with van der Waals surface area (Å²) in [5.41, 5.74) is 3.66. The van der Waals surface area contributed by atoms with Gasteiger partial charge in [0.25, 0.3) is 0 Å². The summed E-state index contributed by atoms with van der Waals surface area (Å²) in [7, 11) is 0. The number of ether oxygens (including phenoxy) is 1. The molecule has 3 rings (SSSR count). The fraction of sp³-hybridized carbons (Fsp3) is 0.188. The van der Waals surface area contributed by atoms with Gasteiger partial charge >= 0.3 is 6.36 Å². The molecule has 0 unspecified atom stereocenters. The molecule has 0 spiro atoms. The van der Waals surface area contributed by atoms with E-state index >= 15 is 0 Å². The average Bonchev–Trinajstić information content (AvgIpc) is 2.88. The number of H-pyrrole nitrogens is 1. The molecule has 2 heterocycles.